The third-order valence-corrected chi connectivity index (χ3v) is 4.63. The molecule has 0 atom stereocenters. The Morgan fingerprint density at radius 1 is 1.25 bits per heavy atom. The zero-order chi connectivity index (χ0) is 16.5. The minimum Gasteiger partial charge on any atom is -0.465 e. The lowest BCUT2D eigenvalue weighted by atomic mass is 10.1. The number of furan rings is 1. The zero-order valence-corrected chi connectivity index (χ0v) is 13.9. The minimum atomic E-state index is -0.00464. The van der Waals surface area contributed by atoms with Crippen molar-refractivity contribution in [3.63, 3.8) is 0 Å². The first kappa shape index (κ1) is 15.4. The quantitative estimate of drug-likeness (QED) is 0.907. The lowest BCUT2D eigenvalue weighted by Crippen LogP contribution is -2.40. The monoisotopic (exact) mass is 330 g/mol. The molecule has 0 saturated carbocycles. The van der Waals surface area contributed by atoms with Gasteiger partial charge in [-0.1, -0.05) is 0 Å². The first-order valence-corrected chi connectivity index (χ1v) is 8.41. The van der Waals surface area contributed by atoms with Crippen molar-refractivity contribution in [2.24, 2.45) is 0 Å². The van der Waals surface area contributed by atoms with Crippen LogP contribution in [0.15, 0.2) is 21.3 Å². The lowest BCUT2D eigenvalue weighted by Gasteiger charge is -2.30. The Morgan fingerprint density at radius 2 is 2.08 bits per heavy atom. The van der Waals surface area contributed by atoms with Crippen molar-refractivity contribution in [3.8, 4) is 0 Å². The average Bonchev–Trinajstić information content (AvgIpc) is 3.00. The van der Waals surface area contributed by atoms with Crippen LogP contribution in [0.1, 0.15) is 22.8 Å². The van der Waals surface area contributed by atoms with E-state index in [0.717, 1.165) is 55.4 Å². The maximum Gasteiger partial charge on any atom is 0.255 e. The Morgan fingerprint density at radius 3 is 2.83 bits per heavy atom. The molecule has 0 unspecified atom stereocenters. The molecule has 4 rings (SSSR count). The van der Waals surface area contributed by atoms with Crippen LogP contribution in [0.5, 0.6) is 0 Å². The molecule has 2 aromatic rings. The Balaban J connectivity index is 1.55. The zero-order valence-electron chi connectivity index (χ0n) is 13.9. The maximum absolute atomic E-state index is 12.4. The number of nitrogens with one attached hydrogen (secondary N) is 1. The van der Waals surface area contributed by atoms with Gasteiger partial charge >= 0.3 is 0 Å². The average molecular weight is 330 g/mol. The van der Waals surface area contributed by atoms with E-state index in [4.69, 9.17) is 14.1 Å². The van der Waals surface area contributed by atoms with Crippen molar-refractivity contribution in [1.29, 1.82) is 0 Å². The molecular weight excluding hydrogens is 308 g/mol. The molecule has 128 valence electrons. The van der Waals surface area contributed by atoms with Crippen molar-refractivity contribution < 1.29 is 9.15 Å². The highest BCUT2D eigenvalue weighted by molar-refractivity contribution is 5.34. The molecule has 0 aliphatic carbocycles. The number of morpholine rings is 1. The number of aromatic nitrogens is 2. The maximum atomic E-state index is 12.4. The summed E-state index contributed by atoms with van der Waals surface area (Å²) in [6, 6.07) is 3.99. The van der Waals surface area contributed by atoms with E-state index in [9.17, 15) is 4.79 Å². The molecule has 0 bridgehead atoms. The van der Waals surface area contributed by atoms with Gasteiger partial charge in [-0.15, -0.1) is 0 Å². The van der Waals surface area contributed by atoms with E-state index in [-0.39, 0.29) is 5.56 Å². The fraction of sp³-hybridized carbons (Fsp3) is 0.529. The molecule has 7 nitrogen and oxygen atoms in total. The van der Waals surface area contributed by atoms with Crippen molar-refractivity contribution in [2.75, 3.05) is 37.7 Å². The predicted octanol–water partition coefficient (Wildman–Crippen LogP) is 1.07. The number of hydrogen-bond donors (Lipinski definition) is 1. The molecular formula is C17H22N4O3. The number of rotatable bonds is 3. The molecule has 1 saturated heterocycles. The highest BCUT2D eigenvalue weighted by Gasteiger charge is 2.23. The second-order valence-corrected chi connectivity index (χ2v) is 6.39. The molecule has 0 amide bonds. The molecule has 0 aromatic carbocycles. The fourth-order valence-corrected chi connectivity index (χ4v) is 3.33. The van der Waals surface area contributed by atoms with Crippen LogP contribution in [-0.2, 0) is 24.2 Å². The predicted molar refractivity (Wildman–Crippen MR) is 89.2 cm³/mol. The Bertz CT molecular complexity index is 776. The topological polar surface area (TPSA) is 74.6 Å². The van der Waals surface area contributed by atoms with Crippen LogP contribution < -0.4 is 10.5 Å². The highest BCUT2D eigenvalue weighted by Crippen LogP contribution is 2.19. The normalized spacial score (nSPS) is 18.6. The van der Waals surface area contributed by atoms with E-state index in [2.05, 4.69) is 14.8 Å². The number of H-pyrrole nitrogens is 1. The van der Waals surface area contributed by atoms with Crippen molar-refractivity contribution in [2.45, 2.75) is 26.4 Å². The SMILES string of the molecule is Cc1ccc(CN2CCc3c(nc(N4CCOCC4)[nH]c3=O)C2)o1. The van der Waals surface area contributed by atoms with Crippen molar-refractivity contribution >= 4 is 5.95 Å². The van der Waals surface area contributed by atoms with E-state index in [1.54, 1.807) is 0 Å². The summed E-state index contributed by atoms with van der Waals surface area (Å²) in [5, 5.41) is 0. The van der Waals surface area contributed by atoms with Gasteiger partial charge in [0, 0.05) is 31.7 Å². The molecule has 0 spiro atoms. The van der Waals surface area contributed by atoms with Gasteiger partial charge < -0.3 is 14.1 Å². The summed E-state index contributed by atoms with van der Waals surface area (Å²) in [5.41, 5.74) is 1.70. The highest BCUT2D eigenvalue weighted by atomic mass is 16.5. The summed E-state index contributed by atoms with van der Waals surface area (Å²) in [6.07, 6.45) is 0.723. The largest absolute Gasteiger partial charge is 0.465 e. The van der Waals surface area contributed by atoms with E-state index >= 15 is 0 Å². The van der Waals surface area contributed by atoms with Crippen molar-refractivity contribution in [3.05, 3.63) is 45.3 Å². The van der Waals surface area contributed by atoms with Gasteiger partial charge in [0.25, 0.3) is 5.56 Å². The molecule has 4 heterocycles. The summed E-state index contributed by atoms with van der Waals surface area (Å²) in [7, 11) is 0. The van der Waals surface area contributed by atoms with E-state index in [1.807, 2.05) is 19.1 Å². The molecule has 1 fully saturated rings. The summed E-state index contributed by atoms with van der Waals surface area (Å²) in [5.74, 6) is 2.54. The minimum absolute atomic E-state index is 0.00464. The third-order valence-electron chi connectivity index (χ3n) is 4.63. The lowest BCUT2D eigenvalue weighted by molar-refractivity contribution is 0.122. The van der Waals surface area contributed by atoms with Crippen molar-refractivity contribution in [1.82, 2.24) is 14.9 Å². The van der Waals surface area contributed by atoms with Gasteiger partial charge in [0.15, 0.2) is 0 Å². The van der Waals surface area contributed by atoms with E-state index < -0.39 is 0 Å². The fourth-order valence-electron chi connectivity index (χ4n) is 3.33. The van der Waals surface area contributed by atoms with Gasteiger partial charge in [-0.25, -0.2) is 4.98 Å². The molecule has 7 heteroatoms. The van der Waals surface area contributed by atoms with E-state index in [1.165, 1.54) is 0 Å². The molecule has 1 N–H and O–H groups in total. The standard InChI is InChI=1S/C17H22N4O3/c1-12-2-3-13(24-12)10-20-5-4-14-15(11-20)18-17(19-16(14)22)21-6-8-23-9-7-21/h2-3H,4-11H2,1H3,(H,18,19,22). The van der Waals surface area contributed by atoms with Crippen LogP contribution >= 0.6 is 0 Å². The van der Waals surface area contributed by atoms with Gasteiger partial charge in [0.1, 0.15) is 11.5 Å². The van der Waals surface area contributed by atoms with Gasteiger partial charge in [-0.2, -0.15) is 0 Å². The first-order chi connectivity index (χ1) is 11.7. The van der Waals surface area contributed by atoms with Gasteiger partial charge in [-0.3, -0.25) is 14.7 Å². The smallest absolute Gasteiger partial charge is 0.255 e. The van der Waals surface area contributed by atoms with Gasteiger partial charge in [0.2, 0.25) is 5.95 Å². The molecule has 0 radical (unpaired) electrons. The Labute approximate surface area is 140 Å². The summed E-state index contributed by atoms with van der Waals surface area (Å²) < 4.78 is 11.0. The van der Waals surface area contributed by atoms with Crippen LogP contribution in [0.4, 0.5) is 5.95 Å². The molecule has 24 heavy (non-hydrogen) atoms. The number of ether oxygens (including phenoxy) is 1. The summed E-state index contributed by atoms with van der Waals surface area (Å²) >= 11 is 0. The molecule has 2 aliphatic heterocycles. The van der Waals surface area contributed by atoms with E-state index in [0.29, 0.717) is 25.7 Å². The molecule has 2 aliphatic rings. The number of hydrogen-bond acceptors (Lipinski definition) is 6. The summed E-state index contributed by atoms with van der Waals surface area (Å²) in [6.45, 7) is 7.08. The Hall–Kier alpha value is -2.12. The molecule has 2 aromatic heterocycles. The number of aromatic amines is 1. The van der Waals surface area contributed by atoms with Crippen LogP contribution in [0.2, 0.25) is 0 Å². The number of aryl methyl sites for hydroxylation is 1. The third kappa shape index (κ3) is 3.09. The first-order valence-electron chi connectivity index (χ1n) is 8.41. The summed E-state index contributed by atoms with van der Waals surface area (Å²) in [4.78, 5) is 24.4. The van der Waals surface area contributed by atoms with Crippen LogP contribution in [0, 0.1) is 6.92 Å². The number of anilines is 1. The number of fused-ring (bicyclic) bond motifs is 1. The van der Waals surface area contributed by atoms with Crippen LogP contribution in [0.3, 0.4) is 0 Å². The second kappa shape index (κ2) is 6.41. The van der Waals surface area contributed by atoms with Crippen LogP contribution in [0.25, 0.3) is 0 Å². The Kier molecular flexibility index (Phi) is 4.12. The second-order valence-electron chi connectivity index (χ2n) is 6.39. The van der Waals surface area contributed by atoms with Gasteiger partial charge in [0.05, 0.1) is 25.5 Å². The van der Waals surface area contributed by atoms with Gasteiger partial charge in [-0.05, 0) is 25.5 Å². The number of nitrogens with zero attached hydrogens (tertiary/aromatic N) is 3. The van der Waals surface area contributed by atoms with Crippen LogP contribution in [-0.4, -0.2) is 47.7 Å².